The third-order valence-electron chi connectivity index (χ3n) is 2.45. The number of nitrogens with zero attached hydrogens (tertiary/aromatic N) is 1. The van der Waals surface area contributed by atoms with E-state index < -0.39 is 10.0 Å². The van der Waals surface area contributed by atoms with Crippen molar-refractivity contribution in [2.24, 2.45) is 0 Å². The van der Waals surface area contributed by atoms with Gasteiger partial charge in [0.1, 0.15) is 6.54 Å². The predicted molar refractivity (Wildman–Crippen MR) is 68.0 cm³/mol. The third-order valence-corrected chi connectivity index (χ3v) is 3.88. The molecule has 0 unspecified atom stereocenters. The topological polar surface area (TPSA) is 75.7 Å². The van der Waals surface area contributed by atoms with Gasteiger partial charge in [0.25, 0.3) is 0 Å². The molecule has 7 heteroatoms. The molecule has 0 aromatic heterocycles. The molecule has 0 saturated heterocycles. The minimum atomic E-state index is -3.43. The van der Waals surface area contributed by atoms with Gasteiger partial charge in [0.2, 0.25) is 10.0 Å². The highest BCUT2D eigenvalue weighted by molar-refractivity contribution is 7.89. The number of ether oxygens (including phenoxy) is 1. The summed E-state index contributed by atoms with van der Waals surface area (Å²) in [6.07, 6.45) is 0. The average Bonchev–Trinajstić information content (AvgIpc) is 2.38. The summed E-state index contributed by atoms with van der Waals surface area (Å²) in [6.45, 7) is 0.106. The van der Waals surface area contributed by atoms with E-state index in [-0.39, 0.29) is 17.4 Å². The first-order valence-electron chi connectivity index (χ1n) is 5.22. The van der Waals surface area contributed by atoms with Crippen LogP contribution in [0.2, 0.25) is 0 Å². The molecule has 0 bridgehead atoms. The summed E-state index contributed by atoms with van der Waals surface area (Å²) in [5, 5.41) is 0. The number of carbonyl (C=O) groups excluding carboxylic acids is 1. The van der Waals surface area contributed by atoms with Crippen LogP contribution in [0.1, 0.15) is 0 Å². The minimum Gasteiger partial charge on any atom is -0.468 e. The first kappa shape index (κ1) is 14.5. The Balaban J connectivity index is 2.86. The minimum absolute atomic E-state index is 0.106. The molecular formula is C11H16N2O4S. The zero-order valence-electron chi connectivity index (χ0n) is 10.5. The van der Waals surface area contributed by atoms with Crippen molar-refractivity contribution in [3.63, 3.8) is 0 Å². The van der Waals surface area contributed by atoms with Crippen LogP contribution in [-0.2, 0) is 19.6 Å². The van der Waals surface area contributed by atoms with Gasteiger partial charge in [-0.3, -0.25) is 4.79 Å². The molecule has 0 saturated carbocycles. The Morgan fingerprint density at radius 2 is 1.89 bits per heavy atom. The maximum absolute atomic E-state index is 11.5. The van der Waals surface area contributed by atoms with Gasteiger partial charge in [-0.05, 0) is 31.3 Å². The van der Waals surface area contributed by atoms with Gasteiger partial charge < -0.3 is 9.64 Å². The molecule has 0 spiro atoms. The van der Waals surface area contributed by atoms with Crippen LogP contribution in [0.4, 0.5) is 5.69 Å². The van der Waals surface area contributed by atoms with Crippen LogP contribution in [0.5, 0.6) is 0 Å². The van der Waals surface area contributed by atoms with Crippen LogP contribution < -0.4 is 9.62 Å². The molecule has 0 aliphatic rings. The molecule has 100 valence electrons. The lowest BCUT2D eigenvalue weighted by molar-refractivity contribution is -0.138. The molecule has 0 heterocycles. The van der Waals surface area contributed by atoms with Crippen molar-refractivity contribution in [2.45, 2.75) is 4.90 Å². The lowest BCUT2D eigenvalue weighted by Gasteiger charge is -2.17. The van der Waals surface area contributed by atoms with Gasteiger partial charge in [-0.15, -0.1) is 0 Å². The molecule has 1 aromatic carbocycles. The van der Waals surface area contributed by atoms with Gasteiger partial charge in [0, 0.05) is 12.7 Å². The largest absolute Gasteiger partial charge is 0.468 e. The van der Waals surface area contributed by atoms with E-state index in [1.807, 2.05) is 0 Å². The van der Waals surface area contributed by atoms with Gasteiger partial charge in [-0.25, -0.2) is 13.1 Å². The molecule has 1 aromatic rings. The molecule has 0 amide bonds. The fourth-order valence-corrected chi connectivity index (χ4v) is 2.08. The SMILES string of the molecule is CNS(=O)(=O)c1ccc(N(C)CC(=O)OC)cc1. The van der Waals surface area contributed by atoms with Crippen molar-refractivity contribution < 1.29 is 17.9 Å². The Bertz CT molecular complexity index is 510. The zero-order valence-corrected chi connectivity index (χ0v) is 11.3. The summed E-state index contributed by atoms with van der Waals surface area (Å²) >= 11 is 0. The molecule has 0 fully saturated rings. The molecule has 1 rings (SSSR count). The second-order valence-electron chi connectivity index (χ2n) is 3.63. The predicted octanol–water partition coefficient (Wildman–Crippen LogP) is 0.204. The van der Waals surface area contributed by atoms with E-state index in [0.717, 1.165) is 5.69 Å². The van der Waals surface area contributed by atoms with E-state index in [4.69, 9.17) is 0 Å². The number of nitrogens with one attached hydrogen (secondary N) is 1. The second kappa shape index (κ2) is 5.83. The van der Waals surface area contributed by atoms with E-state index in [1.54, 1.807) is 24.1 Å². The van der Waals surface area contributed by atoms with Crippen molar-refractivity contribution in [3.8, 4) is 0 Å². The smallest absolute Gasteiger partial charge is 0.325 e. The van der Waals surface area contributed by atoms with Crippen molar-refractivity contribution in [1.82, 2.24) is 4.72 Å². The first-order valence-corrected chi connectivity index (χ1v) is 6.70. The standard InChI is InChI=1S/C11H16N2O4S/c1-12-18(15,16)10-6-4-9(5-7-10)13(2)8-11(14)17-3/h4-7,12H,8H2,1-3H3. The summed E-state index contributed by atoms with van der Waals surface area (Å²) in [5.41, 5.74) is 0.732. The van der Waals surface area contributed by atoms with Crippen molar-refractivity contribution >= 4 is 21.7 Å². The number of hydrogen-bond acceptors (Lipinski definition) is 5. The highest BCUT2D eigenvalue weighted by Gasteiger charge is 2.12. The maximum Gasteiger partial charge on any atom is 0.325 e. The Morgan fingerprint density at radius 3 is 2.33 bits per heavy atom. The summed E-state index contributed by atoms with van der Waals surface area (Å²) in [5.74, 6) is -0.357. The number of carbonyl (C=O) groups is 1. The molecular weight excluding hydrogens is 256 g/mol. The monoisotopic (exact) mass is 272 g/mol. The number of likely N-dealkylation sites (N-methyl/N-ethyl adjacent to an activating group) is 1. The van der Waals surface area contributed by atoms with Gasteiger partial charge in [-0.2, -0.15) is 0 Å². The summed E-state index contributed by atoms with van der Waals surface area (Å²) in [4.78, 5) is 12.9. The summed E-state index contributed by atoms with van der Waals surface area (Å²) in [6, 6.07) is 6.23. The van der Waals surface area contributed by atoms with Crippen molar-refractivity contribution in [1.29, 1.82) is 0 Å². The highest BCUT2D eigenvalue weighted by atomic mass is 32.2. The van der Waals surface area contributed by atoms with E-state index in [2.05, 4.69) is 9.46 Å². The van der Waals surface area contributed by atoms with Crippen LogP contribution in [0.3, 0.4) is 0 Å². The number of anilines is 1. The van der Waals surface area contributed by atoms with E-state index in [0.29, 0.717) is 0 Å². The van der Waals surface area contributed by atoms with E-state index >= 15 is 0 Å². The van der Waals surface area contributed by atoms with Crippen LogP contribution in [-0.4, -0.2) is 42.1 Å². The fourth-order valence-electron chi connectivity index (χ4n) is 1.35. The van der Waals surface area contributed by atoms with Gasteiger partial charge in [0.05, 0.1) is 12.0 Å². The molecule has 1 N–H and O–H groups in total. The first-order chi connectivity index (χ1) is 8.40. The van der Waals surface area contributed by atoms with Gasteiger partial charge >= 0.3 is 5.97 Å². The number of hydrogen-bond donors (Lipinski definition) is 1. The van der Waals surface area contributed by atoms with Gasteiger partial charge in [0.15, 0.2) is 0 Å². The molecule has 0 aliphatic heterocycles. The molecule has 6 nitrogen and oxygen atoms in total. The molecule has 0 aliphatic carbocycles. The zero-order chi connectivity index (χ0) is 13.8. The van der Waals surface area contributed by atoms with E-state index in [9.17, 15) is 13.2 Å². The Labute approximate surface area is 107 Å². The lowest BCUT2D eigenvalue weighted by atomic mass is 10.3. The fraction of sp³-hybridized carbons (Fsp3) is 0.364. The number of sulfonamides is 1. The number of benzene rings is 1. The van der Waals surface area contributed by atoms with Crippen LogP contribution in [0.15, 0.2) is 29.2 Å². The van der Waals surface area contributed by atoms with Crippen molar-refractivity contribution in [2.75, 3.05) is 32.6 Å². The van der Waals surface area contributed by atoms with Crippen LogP contribution in [0, 0.1) is 0 Å². The quantitative estimate of drug-likeness (QED) is 0.775. The summed E-state index contributed by atoms with van der Waals surface area (Å²) in [7, 11) is 0.964. The third kappa shape index (κ3) is 3.44. The Morgan fingerprint density at radius 1 is 1.33 bits per heavy atom. The van der Waals surface area contributed by atoms with Crippen LogP contribution in [0.25, 0.3) is 0 Å². The van der Waals surface area contributed by atoms with Crippen LogP contribution >= 0.6 is 0 Å². The van der Waals surface area contributed by atoms with Gasteiger partial charge in [-0.1, -0.05) is 0 Å². The van der Waals surface area contributed by atoms with E-state index in [1.165, 1.54) is 26.3 Å². The maximum atomic E-state index is 11.5. The Hall–Kier alpha value is -1.60. The molecule has 0 radical (unpaired) electrons. The average molecular weight is 272 g/mol. The molecule has 18 heavy (non-hydrogen) atoms. The normalized spacial score (nSPS) is 11.1. The number of rotatable bonds is 5. The number of methoxy groups -OCH3 is 1. The number of esters is 1. The lowest BCUT2D eigenvalue weighted by Crippen LogP contribution is -2.26. The molecule has 0 atom stereocenters. The summed E-state index contributed by atoms with van der Waals surface area (Å²) < 4.78 is 29.8. The Kier molecular flexibility index (Phi) is 4.69. The van der Waals surface area contributed by atoms with Crippen molar-refractivity contribution in [3.05, 3.63) is 24.3 Å². The highest BCUT2D eigenvalue weighted by Crippen LogP contribution is 2.16. The second-order valence-corrected chi connectivity index (χ2v) is 5.52.